The molecule has 3 heteroatoms. The van der Waals surface area contributed by atoms with Crippen LogP contribution in [0.5, 0.6) is 0 Å². The van der Waals surface area contributed by atoms with Gasteiger partial charge in [0.05, 0.1) is 11.6 Å². The van der Waals surface area contributed by atoms with Gasteiger partial charge in [-0.1, -0.05) is 43.6 Å². The topological polar surface area (TPSA) is 33.1 Å². The van der Waals surface area contributed by atoms with Gasteiger partial charge in [0.1, 0.15) is 5.15 Å². The molecule has 0 bridgehead atoms. The molecule has 1 N–H and O–H groups in total. The van der Waals surface area contributed by atoms with Crippen LogP contribution in [0.3, 0.4) is 0 Å². The maximum atomic E-state index is 9.62. The molecule has 2 nitrogen and oxygen atoms in total. The number of aliphatic hydroxyl groups is 1. The van der Waals surface area contributed by atoms with Crippen LogP contribution in [-0.4, -0.2) is 10.1 Å². The molecule has 0 fully saturated rings. The summed E-state index contributed by atoms with van der Waals surface area (Å²) < 4.78 is 0. The van der Waals surface area contributed by atoms with E-state index in [1.807, 2.05) is 18.2 Å². The predicted molar refractivity (Wildman–Crippen MR) is 71.5 cm³/mol. The van der Waals surface area contributed by atoms with E-state index in [1.54, 1.807) is 6.92 Å². The molecule has 0 amide bonds. The van der Waals surface area contributed by atoms with Crippen molar-refractivity contribution >= 4 is 22.5 Å². The van der Waals surface area contributed by atoms with Crippen LogP contribution >= 0.6 is 11.6 Å². The lowest BCUT2D eigenvalue weighted by Crippen LogP contribution is -1.98. The molecule has 1 aromatic heterocycles. The van der Waals surface area contributed by atoms with Crippen molar-refractivity contribution in [2.45, 2.75) is 32.8 Å². The summed E-state index contributed by atoms with van der Waals surface area (Å²) in [6.45, 7) is 5.96. The Morgan fingerprint density at radius 2 is 1.88 bits per heavy atom. The number of aromatic nitrogens is 1. The van der Waals surface area contributed by atoms with Gasteiger partial charge in [-0.25, -0.2) is 4.98 Å². The highest BCUT2D eigenvalue weighted by Gasteiger charge is 2.12. The third-order valence-corrected chi connectivity index (χ3v) is 3.23. The van der Waals surface area contributed by atoms with Crippen LogP contribution in [0.4, 0.5) is 0 Å². The standard InChI is InChI=1S/C14H16ClNO/c1-8(2)11-6-4-5-10-7-12(9(3)17)14(15)16-13(10)11/h4-9,17H,1-3H3/t9-/m1/s1. The molecule has 0 saturated heterocycles. The summed E-state index contributed by atoms with van der Waals surface area (Å²) in [7, 11) is 0. The minimum absolute atomic E-state index is 0.389. The van der Waals surface area contributed by atoms with Gasteiger partial charge in [-0.2, -0.15) is 0 Å². The lowest BCUT2D eigenvalue weighted by Gasteiger charge is -2.12. The van der Waals surface area contributed by atoms with E-state index in [0.717, 1.165) is 10.9 Å². The van der Waals surface area contributed by atoms with Crippen molar-refractivity contribution in [3.05, 3.63) is 40.5 Å². The Morgan fingerprint density at radius 3 is 2.47 bits per heavy atom. The number of pyridine rings is 1. The Morgan fingerprint density at radius 1 is 1.18 bits per heavy atom. The Hall–Kier alpha value is -1.12. The maximum absolute atomic E-state index is 9.62. The van der Waals surface area contributed by atoms with Crippen molar-refractivity contribution in [3.8, 4) is 0 Å². The van der Waals surface area contributed by atoms with Gasteiger partial charge >= 0.3 is 0 Å². The predicted octanol–water partition coefficient (Wildman–Crippen LogP) is 4.06. The van der Waals surface area contributed by atoms with Crippen molar-refractivity contribution in [1.29, 1.82) is 0 Å². The summed E-state index contributed by atoms with van der Waals surface area (Å²) in [5.41, 5.74) is 2.79. The second-order valence-corrected chi connectivity index (χ2v) is 4.98. The summed E-state index contributed by atoms with van der Waals surface area (Å²) >= 11 is 6.10. The average molecular weight is 250 g/mol. The summed E-state index contributed by atoms with van der Waals surface area (Å²) in [6, 6.07) is 8.00. The Balaban J connectivity index is 2.73. The normalized spacial score (nSPS) is 13.3. The molecule has 17 heavy (non-hydrogen) atoms. The molecule has 90 valence electrons. The number of para-hydroxylation sites is 1. The van der Waals surface area contributed by atoms with Crippen LogP contribution in [0, 0.1) is 0 Å². The quantitative estimate of drug-likeness (QED) is 0.814. The van der Waals surface area contributed by atoms with Crippen LogP contribution in [0.2, 0.25) is 5.15 Å². The molecule has 0 aliphatic heterocycles. The first-order chi connectivity index (χ1) is 8.00. The second kappa shape index (κ2) is 4.63. The first-order valence-corrected chi connectivity index (χ1v) is 6.15. The van der Waals surface area contributed by atoms with Gasteiger partial charge in [-0.3, -0.25) is 0 Å². The SMILES string of the molecule is CC(C)c1cccc2cc([C@@H](C)O)c(Cl)nc12. The monoisotopic (exact) mass is 249 g/mol. The summed E-state index contributed by atoms with van der Waals surface area (Å²) in [4.78, 5) is 4.42. The van der Waals surface area contributed by atoms with Gasteiger partial charge in [0.25, 0.3) is 0 Å². The summed E-state index contributed by atoms with van der Waals surface area (Å²) in [5.74, 6) is 0.402. The molecule has 0 saturated carbocycles. The van der Waals surface area contributed by atoms with Crippen molar-refractivity contribution < 1.29 is 5.11 Å². The van der Waals surface area contributed by atoms with E-state index >= 15 is 0 Å². The summed E-state index contributed by atoms with van der Waals surface area (Å²) in [5, 5.41) is 11.0. The number of hydrogen-bond donors (Lipinski definition) is 1. The van der Waals surface area contributed by atoms with Gasteiger partial charge in [0.15, 0.2) is 0 Å². The molecule has 1 atom stereocenters. The number of benzene rings is 1. The van der Waals surface area contributed by atoms with E-state index in [4.69, 9.17) is 11.6 Å². The van der Waals surface area contributed by atoms with Crippen LogP contribution < -0.4 is 0 Å². The zero-order chi connectivity index (χ0) is 12.6. The fraction of sp³-hybridized carbons (Fsp3) is 0.357. The van der Waals surface area contributed by atoms with E-state index in [0.29, 0.717) is 16.6 Å². The second-order valence-electron chi connectivity index (χ2n) is 4.62. The van der Waals surface area contributed by atoms with Gasteiger partial charge in [0.2, 0.25) is 0 Å². The van der Waals surface area contributed by atoms with Crippen LogP contribution in [0.15, 0.2) is 24.3 Å². The van der Waals surface area contributed by atoms with E-state index < -0.39 is 6.10 Å². The molecule has 0 radical (unpaired) electrons. The molecular formula is C14H16ClNO. The lowest BCUT2D eigenvalue weighted by molar-refractivity contribution is 0.199. The molecule has 1 heterocycles. The molecule has 1 aromatic carbocycles. The van der Waals surface area contributed by atoms with Gasteiger partial charge < -0.3 is 5.11 Å². The fourth-order valence-corrected chi connectivity index (χ4v) is 2.27. The van der Waals surface area contributed by atoms with E-state index in [-0.39, 0.29) is 0 Å². The van der Waals surface area contributed by atoms with E-state index in [2.05, 4.69) is 24.9 Å². The Kier molecular flexibility index (Phi) is 3.36. The van der Waals surface area contributed by atoms with Crippen LogP contribution in [0.25, 0.3) is 10.9 Å². The third-order valence-electron chi connectivity index (χ3n) is 2.93. The Labute approximate surface area is 106 Å². The van der Waals surface area contributed by atoms with Crippen molar-refractivity contribution in [2.24, 2.45) is 0 Å². The molecule has 0 spiro atoms. The number of halogens is 1. The van der Waals surface area contributed by atoms with Gasteiger partial charge in [0, 0.05) is 10.9 Å². The highest BCUT2D eigenvalue weighted by Crippen LogP contribution is 2.29. The van der Waals surface area contributed by atoms with Gasteiger partial charge in [-0.15, -0.1) is 0 Å². The zero-order valence-corrected chi connectivity index (χ0v) is 11.0. The highest BCUT2D eigenvalue weighted by molar-refractivity contribution is 6.30. The lowest BCUT2D eigenvalue weighted by atomic mass is 9.98. The Bertz CT molecular complexity index is 549. The van der Waals surface area contributed by atoms with Crippen molar-refractivity contribution in [2.75, 3.05) is 0 Å². The van der Waals surface area contributed by atoms with E-state index in [9.17, 15) is 5.11 Å². The van der Waals surface area contributed by atoms with Crippen molar-refractivity contribution in [1.82, 2.24) is 4.98 Å². The largest absolute Gasteiger partial charge is 0.389 e. The number of rotatable bonds is 2. The highest BCUT2D eigenvalue weighted by atomic mass is 35.5. The minimum Gasteiger partial charge on any atom is -0.389 e. The van der Waals surface area contributed by atoms with Crippen LogP contribution in [-0.2, 0) is 0 Å². The molecule has 2 aromatic rings. The number of hydrogen-bond acceptors (Lipinski definition) is 2. The van der Waals surface area contributed by atoms with Gasteiger partial charge in [-0.05, 0) is 24.5 Å². The number of fused-ring (bicyclic) bond motifs is 1. The zero-order valence-electron chi connectivity index (χ0n) is 10.2. The summed E-state index contributed by atoms with van der Waals surface area (Å²) in [6.07, 6.45) is -0.595. The molecule has 2 rings (SSSR count). The molecule has 0 aliphatic rings. The fourth-order valence-electron chi connectivity index (χ4n) is 1.97. The average Bonchev–Trinajstić information content (AvgIpc) is 2.26. The van der Waals surface area contributed by atoms with Crippen molar-refractivity contribution in [3.63, 3.8) is 0 Å². The first-order valence-electron chi connectivity index (χ1n) is 5.78. The molecule has 0 aliphatic carbocycles. The molecule has 0 unspecified atom stereocenters. The molecular weight excluding hydrogens is 234 g/mol. The minimum atomic E-state index is -0.595. The number of aliphatic hydroxyl groups excluding tert-OH is 1. The maximum Gasteiger partial charge on any atom is 0.135 e. The third kappa shape index (κ3) is 2.28. The first kappa shape index (κ1) is 12.3. The smallest absolute Gasteiger partial charge is 0.135 e. The van der Waals surface area contributed by atoms with Crippen LogP contribution in [0.1, 0.15) is 43.9 Å². The number of nitrogens with zero attached hydrogens (tertiary/aromatic N) is 1. The van der Waals surface area contributed by atoms with E-state index in [1.165, 1.54) is 5.56 Å².